The fraction of sp³-hybridized carbons (Fsp3) is 0.867. The molecule has 0 spiro atoms. The topological polar surface area (TPSA) is 60.2 Å². The Hall–Kier alpha value is -0.940. The number of methoxy groups -OCH3 is 1. The van der Waals surface area contributed by atoms with Gasteiger partial charge >= 0.3 is 0 Å². The lowest BCUT2D eigenvalue weighted by molar-refractivity contribution is 0.0555. The molecule has 1 aliphatic carbocycles. The third-order valence-electron chi connectivity index (χ3n) is 4.06. The molecule has 1 fully saturated rings. The highest BCUT2D eigenvalue weighted by atomic mass is 16.5. The van der Waals surface area contributed by atoms with E-state index in [1.165, 1.54) is 12.8 Å². The molecular weight excluding hydrogens is 254 g/mol. The summed E-state index contributed by atoms with van der Waals surface area (Å²) in [6.07, 6.45) is 4.61. The molecule has 1 aromatic rings. The van der Waals surface area contributed by atoms with Gasteiger partial charge in [0, 0.05) is 13.2 Å². The van der Waals surface area contributed by atoms with Crippen molar-refractivity contribution < 1.29 is 9.26 Å². The minimum Gasteiger partial charge on any atom is -0.373 e. The smallest absolute Gasteiger partial charge is 0.231 e. The van der Waals surface area contributed by atoms with E-state index in [0.29, 0.717) is 23.7 Å². The average Bonchev–Trinajstić information content (AvgIpc) is 3.05. The van der Waals surface area contributed by atoms with Crippen molar-refractivity contribution in [3.8, 4) is 0 Å². The SMILES string of the molecule is CCCNC1CCCC1c1nc(C(OC)C(C)C)no1. The van der Waals surface area contributed by atoms with Crippen LogP contribution in [0.3, 0.4) is 0 Å². The zero-order chi connectivity index (χ0) is 14.5. The molecule has 1 N–H and O–H groups in total. The fourth-order valence-corrected chi connectivity index (χ4v) is 3.02. The molecule has 1 saturated carbocycles. The van der Waals surface area contributed by atoms with Crippen LogP contribution in [0.25, 0.3) is 0 Å². The quantitative estimate of drug-likeness (QED) is 0.832. The van der Waals surface area contributed by atoms with E-state index in [1.54, 1.807) is 7.11 Å². The van der Waals surface area contributed by atoms with Crippen molar-refractivity contribution in [3.05, 3.63) is 11.7 Å². The summed E-state index contributed by atoms with van der Waals surface area (Å²) in [7, 11) is 1.70. The molecule has 3 unspecified atom stereocenters. The Balaban J connectivity index is 2.07. The van der Waals surface area contributed by atoms with Crippen LogP contribution >= 0.6 is 0 Å². The van der Waals surface area contributed by atoms with Crippen LogP contribution in [0.4, 0.5) is 0 Å². The Labute approximate surface area is 121 Å². The molecule has 114 valence electrons. The molecule has 1 aromatic heterocycles. The fourth-order valence-electron chi connectivity index (χ4n) is 3.02. The number of nitrogens with one attached hydrogen (secondary N) is 1. The molecule has 0 saturated heterocycles. The Morgan fingerprint density at radius 1 is 1.40 bits per heavy atom. The van der Waals surface area contributed by atoms with E-state index in [-0.39, 0.29) is 6.10 Å². The first-order valence-electron chi connectivity index (χ1n) is 7.77. The predicted molar refractivity (Wildman–Crippen MR) is 77.6 cm³/mol. The largest absolute Gasteiger partial charge is 0.373 e. The van der Waals surface area contributed by atoms with Gasteiger partial charge in [-0.15, -0.1) is 0 Å². The van der Waals surface area contributed by atoms with Crippen molar-refractivity contribution in [3.63, 3.8) is 0 Å². The summed E-state index contributed by atoms with van der Waals surface area (Å²) in [5, 5.41) is 7.73. The summed E-state index contributed by atoms with van der Waals surface area (Å²) >= 11 is 0. The Morgan fingerprint density at radius 3 is 2.85 bits per heavy atom. The number of hydrogen-bond donors (Lipinski definition) is 1. The summed E-state index contributed by atoms with van der Waals surface area (Å²) in [5.41, 5.74) is 0. The molecule has 5 heteroatoms. The Morgan fingerprint density at radius 2 is 2.20 bits per heavy atom. The van der Waals surface area contributed by atoms with Crippen molar-refractivity contribution in [2.24, 2.45) is 5.92 Å². The predicted octanol–water partition coefficient (Wildman–Crippen LogP) is 3.05. The first kappa shape index (κ1) is 15.4. The van der Waals surface area contributed by atoms with Crippen LogP contribution in [0.2, 0.25) is 0 Å². The summed E-state index contributed by atoms with van der Waals surface area (Å²) in [6, 6.07) is 0.475. The number of rotatable bonds is 7. The summed E-state index contributed by atoms with van der Waals surface area (Å²) in [6.45, 7) is 7.44. The maximum absolute atomic E-state index is 5.51. The third kappa shape index (κ3) is 3.38. The van der Waals surface area contributed by atoms with Crippen molar-refractivity contribution >= 4 is 0 Å². The van der Waals surface area contributed by atoms with E-state index in [2.05, 4.69) is 36.2 Å². The monoisotopic (exact) mass is 281 g/mol. The molecule has 0 aliphatic heterocycles. The molecule has 5 nitrogen and oxygen atoms in total. The van der Waals surface area contributed by atoms with Gasteiger partial charge in [-0.2, -0.15) is 4.98 Å². The van der Waals surface area contributed by atoms with Crippen molar-refractivity contribution in [2.75, 3.05) is 13.7 Å². The van der Waals surface area contributed by atoms with Crippen LogP contribution in [-0.2, 0) is 4.74 Å². The van der Waals surface area contributed by atoms with E-state index in [0.717, 1.165) is 25.3 Å². The Bertz CT molecular complexity index is 406. The van der Waals surface area contributed by atoms with Gasteiger partial charge in [0.1, 0.15) is 6.10 Å². The Kier molecular flexibility index (Phi) is 5.54. The van der Waals surface area contributed by atoms with Crippen LogP contribution in [0.1, 0.15) is 70.2 Å². The third-order valence-corrected chi connectivity index (χ3v) is 4.06. The zero-order valence-electron chi connectivity index (χ0n) is 13.1. The first-order chi connectivity index (χ1) is 9.67. The minimum atomic E-state index is -0.0871. The van der Waals surface area contributed by atoms with E-state index in [1.807, 2.05) is 0 Å². The second-order valence-corrected chi connectivity index (χ2v) is 5.99. The summed E-state index contributed by atoms with van der Waals surface area (Å²) in [4.78, 5) is 4.60. The standard InChI is InChI=1S/C15H27N3O2/c1-5-9-16-12-8-6-7-11(12)15-17-14(18-20-15)13(19-4)10(2)3/h10-13,16H,5-9H2,1-4H3. The van der Waals surface area contributed by atoms with Gasteiger partial charge in [-0.1, -0.05) is 32.3 Å². The van der Waals surface area contributed by atoms with E-state index in [9.17, 15) is 0 Å². The van der Waals surface area contributed by atoms with Gasteiger partial charge in [0.15, 0.2) is 0 Å². The lowest BCUT2D eigenvalue weighted by atomic mass is 10.0. The van der Waals surface area contributed by atoms with Gasteiger partial charge in [0.05, 0.1) is 5.92 Å². The molecule has 0 radical (unpaired) electrons. The van der Waals surface area contributed by atoms with Gasteiger partial charge in [-0.3, -0.25) is 0 Å². The van der Waals surface area contributed by atoms with Crippen LogP contribution in [0.5, 0.6) is 0 Å². The van der Waals surface area contributed by atoms with Crippen LogP contribution in [0, 0.1) is 5.92 Å². The molecule has 3 atom stereocenters. The molecule has 0 amide bonds. The van der Waals surface area contributed by atoms with Gasteiger partial charge < -0.3 is 14.6 Å². The van der Waals surface area contributed by atoms with Gasteiger partial charge in [-0.25, -0.2) is 0 Å². The molecule has 20 heavy (non-hydrogen) atoms. The lowest BCUT2D eigenvalue weighted by Gasteiger charge is -2.17. The lowest BCUT2D eigenvalue weighted by Crippen LogP contribution is -2.31. The number of aromatic nitrogens is 2. The number of nitrogens with zero attached hydrogens (tertiary/aromatic N) is 2. The van der Waals surface area contributed by atoms with Gasteiger partial charge in [0.25, 0.3) is 0 Å². The highest BCUT2D eigenvalue weighted by molar-refractivity contribution is 5.04. The highest BCUT2D eigenvalue weighted by Crippen LogP contribution is 2.34. The van der Waals surface area contributed by atoms with Crippen LogP contribution in [0.15, 0.2) is 4.52 Å². The van der Waals surface area contributed by atoms with Gasteiger partial charge in [0.2, 0.25) is 11.7 Å². The molecule has 1 heterocycles. The second-order valence-electron chi connectivity index (χ2n) is 5.99. The normalized spacial score (nSPS) is 24.4. The summed E-state index contributed by atoms with van der Waals surface area (Å²) < 4.78 is 11.0. The molecule has 0 aromatic carbocycles. The average molecular weight is 281 g/mol. The minimum absolute atomic E-state index is 0.0871. The number of ether oxygens (including phenoxy) is 1. The second kappa shape index (κ2) is 7.18. The molecular formula is C15H27N3O2. The van der Waals surface area contributed by atoms with Crippen LogP contribution in [-0.4, -0.2) is 29.8 Å². The molecule has 0 bridgehead atoms. The summed E-state index contributed by atoms with van der Waals surface area (Å²) in [5.74, 6) is 2.14. The maximum atomic E-state index is 5.51. The zero-order valence-corrected chi connectivity index (χ0v) is 13.1. The van der Waals surface area contributed by atoms with Crippen molar-refractivity contribution in [1.82, 2.24) is 15.5 Å². The maximum Gasteiger partial charge on any atom is 0.231 e. The van der Waals surface area contributed by atoms with E-state index >= 15 is 0 Å². The number of hydrogen-bond acceptors (Lipinski definition) is 5. The van der Waals surface area contributed by atoms with Gasteiger partial charge in [-0.05, 0) is 31.7 Å². The van der Waals surface area contributed by atoms with Crippen LogP contribution < -0.4 is 5.32 Å². The molecule has 1 aliphatic rings. The van der Waals surface area contributed by atoms with E-state index in [4.69, 9.17) is 9.26 Å². The van der Waals surface area contributed by atoms with Crippen molar-refractivity contribution in [1.29, 1.82) is 0 Å². The molecule has 2 rings (SSSR count). The van der Waals surface area contributed by atoms with E-state index < -0.39 is 0 Å². The van der Waals surface area contributed by atoms with Crippen molar-refractivity contribution in [2.45, 2.75) is 64.5 Å². The first-order valence-corrected chi connectivity index (χ1v) is 7.77. The highest BCUT2D eigenvalue weighted by Gasteiger charge is 2.33.